The summed E-state index contributed by atoms with van der Waals surface area (Å²) in [5, 5.41) is 37.6. The van der Waals surface area contributed by atoms with Gasteiger partial charge in [-0.05, 0) is 58.0 Å². The second-order valence-corrected chi connectivity index (χ2v) is 10.3. The van der Waals surface area contributed by atoms with Gasteiger partial charge in [-0.1, -0.05) is 48.9 Å². The van der Waals surface area contributed by atoms with E-state index in [0.29, 0.717) is 25.9 Å². The molecule has 0 aliphatic rings. The number of alkyl halides is 1. The van der Waals surface area contributed by atoms with Gasteiger partial charge in [-0.2, -0.15) is 0 Å². The van der Waals surface area contributed by atoms with Gasteiger partial charge in [-0.3, -0.25) is 0 Å². The molecule has 1 heterocycles. The summed E-state index contributed by atoms with van der Waals surface area (Å²) in [6.07, 6.45) is -1.57. The van der Waals surface area contributed by atoms with Gasteiger partial charge in [0.05, 0.1) is 29.7 Å². The molecule has 0 aliphatic carbocycles. The lowest BCUT2D eigenvalue weighted by Crippen LogP contribution is -2.25. The number of ether oxygens (including phenoxy) is 2. The van der Waals surface area contributed by atoms with Crippen LogP contribution in [-0.2, 0) is 18.6 Å². The first-order chi connectivity index (χ1) is 16.6. The predicted molar refractivity (Wildman–Crippen MR) is 142 cm³/mol. The number of halogens is 3. The molecule has 2 unspecified atom stereocenters. The maximum Gasteiger partial charge on any atom is 0.149 e. The van der Waals surface area contributed by atoms with Crippen molar-refractivity contribution in [3.05, 3.63) is 68.0 Å². The van der Waals surface area contributed by atoms with E-state index < -0.39 is 12.2 Å². The quantitative estimate of drug-likeness (QED) is 0.206. The molecule has 1 aromatic heterocycles. The lowest BCUT2D eigenvalue weighted by Gasteiger charge is -2.27. The predicted octanol–water partition coefficient (Wildman–Crippen LogP) is 3.77. The Kier molecular flexibility index (Phi) is 10.0. The third-order valence-corrected chi connectivity index (χ3v) is 7.09. The molecule has 0 fully saturated rings. The molecule has 2 atom stereocenters. The summed E-state index contributed by atoms with van der Waals surface area (Å²) in [6.45, 7) is 4.29. The number of benzene rings is 2. The van der Waals surface area contributed by atoms with E-state index in [0.717, 1.165) is 11.1 Å². The lowest BCUT2D eigenvalue weighted by atomic mass is 9.78. The monoisotopic (exact) mass is 631 g/mol. The van der Waals surface area contributed by atoms with E-state index in [-0.39, 0.29) is 37.7 Å². The van der Waals surface area contributed by atoms with Crippen LogP contribution in [0.3, 0.4) is 0 Å². The van der Waals surface area contributed by atoms with E-state index in [2.05, 4.69) is 24.2 Å². The Hall–Kier alpha value is -1.63. The fourth-order valence-corrected chi connectivity index (χ4v) is 4.29. The topological polar surface area (TPSA) is 110 Å². The van der Waals surface area contributed by atoms with Crippen molar-refractivity contribution in [3.8, 4) is 11.5 Å². The highest BCUT2D eigenvalue weighted by molar-refractivity contribution is 14.1. The summed E-state index contributed by atoms with van der Waals surface area (Å²) in [4.78, 5) is 0. The maximum atomic E-state index is 10.3. The molecular formula is C24H28Cl2IN3O5. The van der Waals surface area contributed by atoms with Gasteiger partial charge in [-0.25, -0.2) is 4.68 Å². The van der Waals surface area contributed by atoms with Gasteiger partial charge in [0, 0.05) is 5.41 Å². The van der Waals surface area contributed by atoms with Crippen LogP contribution in [0.4, 0.5) is 0 Å². The Balaban J connectivity index is 1.61. The van der Waals surface area contributed by atoms with Crippen LogP contribution in [0.1, 0.15) is 30.7 Å². The van der Waals surface area contributed by atoms with Crippen LogP contribution in [0.15, 0.2) is 42.5 Å². The first-order valence-corrected chi connectivity index (χ1v) is 12.9. The van der Waals surface area contributed by atoms with Gasteiger partial charge < -0.3 is 24.8 Å². The SMILES string of the molecule is CC(C)(c1ccc(OCC(O)Cn2nnc([123I])c2CO)cc1)c1ccc(OCC(O)CCl)c(Cl)c1. The summed E-state index contributed by atoms with van der Waals surface area (Å²) in [5.74, 6) is 1.20. The van der Waals surface area contributed by atoms with Gasteiger partial charge in [0.25, 0.3) is 0 Å². The van der Waals surface area contributed by atoms with Gasteiger partial charge in [0.15, 0.2) is 0 Å². The molecule has 0 aliphatic heterocycles. The van der Waals surface area contributed by atoms with Crippen LogP contribution >= 0.6 is 45.8 Å². The zero-order chi connectivity index (χ0) is 25.6. The van der Waals surface area contributed by atoms with Gasteiger partial charge in [-0.15, -0.1) is 16.7 Å². The molecule has 3 aromatic rings. The average molecular weight is 632 g/mol. The van der Waals surface area contributed by atoms with E-state index in [1.165, 1.54) is 4.68 Å². The summed E-state index contributed by atoms with van der Waals surface area (Å²) in [7, 11) is 0. The Labute approximate surface area is 227 Å². The van der Waals surface area contributed by atoms with Crippen molar-refractivity contribution < 1.29 is 24.8 Å². The van der Waals surface area contributed by atoms with E-state index in [1.807, 2.05) is 59.0 Å². The zero-order valence-corrected chi connectivity index (χ0v) is 23.0. The summed E-state index contributed by atoms with van der Waals surface area (Å²) in [6, 6.07) is 13.2. The minimum absolute atomic E-state index is 0.0690. The minimum Gasteiger partial charge on any atom is -0.491 e. The Morgan fingerprint density at radius 3 is 2.31 bits per heavy atom. The molecule has 0 radical (unpaired) electrons. The van der Waals surface area contributed by atoms with Crippen LogP contribution in [0.2, 0.25) is 5.02 Å². The molecule has 0 spiro atoms. The Bertz CT molecular complexity index is 1110. The number of hydrogen-bond acceptors (Lipinski definition) is 7. The van der Waals surface area contributed by atoms with E-state index in [9.17, 15) is 15.3 Å². The van der Waals surface area contributed by atoms with Crippen LogP contribution in [0.5, 0.6) is 11.5 Å². The first-order valence-electron chi connectivity index (χ1n) is 10.9. The second-order valence-electron chi connectivity index (χ2n) is 8.55. The molecule has 3 rings (SSSR count). The molecule has 8 nitrogen and oxygen atoms in total. The van der Waals surface area contributed by atoms with Gasteiger partial charge >= 0.3 is 0 Å². The summed E-state index contributed by atoms with van der Waals surface area (Å²) < 4.78 is 13.4. The van der Waals surface area contributed by atoms with Crippen molar-refractivity contribution in [1.82, 2.24) is 15.0 Å². The zero-order valence-electron chi connectivity index (χ0n) is 19.4. The van der Waals surface area contributed by atoms with Crippen molar-refractivity contribution >= 4 is 45.8 Å². The summed E-state index contributed by atoms with van der Waals surface area (Å²) in [5.41, 5.74) is 2.26. The number of rotatable bonds is 12. The van der Waals surface area contributed by atoms with Crippen LogP contribution < -0.4 is 9.47 Å². The van der Waals surface area contributed by atoms with E-state index in [1.54, 1.807) is 6.07 Å². The fourth-order valence-electron chi connectivity index (χ4n) is 3.42. The molecule has 190 valence electrons. The Morgan fingerprint density at radius 1 is 1.03 bits per heavy atom. The average Bonchev–Trinajstić information content (AvgIpc) is 3.20. The second kappa shape index (κ2) is 12.6. The molecule has 0 saturated heterocycles. The first kappa shape index (κ1) is 27.9. The molecule has 3 N–H and O–H groups in total. The number of aliphatic hydroxyl groups excluding tert-OH is 3. The number of hydrogen-bond donors (Lipinski definition) is 3. The van der Waals surface area contributed by atoms with Crippen molar-refractivity contribution in [2.45, 2.75) is 44.6 Å². The highest BCUT2D eigenvalue weighted by Gasteiger charge is 2.24. The van der Waals surface area contributed by atoms with Crippen LogP contribution in [0.25, 0.3) is 0 Å². The molecule has 0 amide bonds. The Morgan fingerprint density at radius 2 is 1.69 bits per heavy atom. The van der Waals surface area contributed by atoms with Gasteiger partial charge in [0.2, 0.25) is 0 Å². The third-order valence-electron chi connectivity index (χ3n) is 5.60. The highest BCUT2D eigenvalue weighted by atomic mass is 123. The molecule has 11 heteroatoms. The van der Waals surface area contributed by atoms with Crippen molar-refractivity contribution in [3.63, 3.8) is 0 Å². The third kappa shape index (κ3) is 7.21. The van der Waals surface area contributed by atoms with Crippen LogP contribution in [0, 0.1) is 3.70 Å². The lowest BCUT2D eigenvalue weighted by molar-refractivity contribution is 0.0866. The van der Waals surface area contributed by atoms with Crippen LogP contribution in [-0.4, -0.2) is 61.6 Å². The standard InChI is InChI=1S/C24H28Cl2IN3O5/c1-24(2,16-5-8-22(20(26)9-16)35-13-17(32)10-25)15-3-6-19(7-4-15)34-14-18(33)11-30-21(12-31)23(27)28-29-30/h3-9,17-18,31-33H,10-14H2,1-2H3/i27-4. The van der Waals surface area contributed by atoms with E-state index in [4.69, 9.17) is 32.7 Å². The maximum absolute atomic E-state index is 10.3. The molecule has 35 heavy (non-hydrogen) atoms. The number of aromatic nitrogens is 3. The minimum atomic E-state index is -0.817. The van der Waals surface area contributed by atoms with Gasteiger partial charge in [0.1, 0.15) is 40.6 Å². The largest absolute Gasteiger partial charge is 0.491 e. The number of aliphatic hydroxyl groups is 3. The fraction of sp³-hybridized carbons (Fsp3) is 0.417. The van der Waals surface area contributed by atoms with Crippen molar-refractivity contribution in [2.24, 2.45) is 0 Å². The molecular weight excluding hydrogens is 604 g/mol. The summed E-state index contributed by atoms with van der Waals surface area (Å²) >= 11 is 14.0. The van der Waals surface area contributed by atoms with Crippen molar-refractivity contribution in [1.29, 1.82) is 0 Å². The highest BCUT2D eigenvalue weighted by Crippen LogP contribution is 2.36. The molecule has 0 saturated carbocycles. The molecule has 0 bridgehead atoms. The van der Waals surface area contributed by atoms with E-state index >= 15 is 0 Å². The normalized spacial score (nSPS) is 13.5. The smallest absolute Gasteiger partial charge is 0.149 e. The molecule has 2 aromatic carbocycles. The number of nitrogens with zero attached hydrogens (tertiary/aromatic N) is 3. The van der Waals surface area contributed by atoms with Crippen molar-refractivity contribution in [2.75, 3.05) is 19.1 Å².